The van der Waals surface area contributed by atoms with E-state index >= 15 is 0 Å². The summed E-state index contributed by atoms with van der Waals surface area (Å²) in [5.41, 5.74) is 3.64. The van der Waals surface area contributed by atoms with Crippen LogP contribution in [-0.2, 0) is 11.3 Å². The maximum atomic E-state index is 14.9. The highest BCUT2D eigenvalue weighted by molar-refractivity contribution is 5.95. The fourth-order valence-electron chi connectivity index (χ4n) is 3.35. The Morgan fingerprint density at radius 2 is 2.07 bits per heavy atom. The molecular weight excluding hydrogens is 383 g/mol. The van der Waals surface area contributed by atoms with E-state index in [4.69, 9.17) is 4.74 Å². The summed E-state index contributed by atoms with van der Waals surface area (Å²) in [4.78, 5) is 22.5. The third kappa shape index (κ3) is 3.51. The van der Waals surface area contributed by atoms with Crippen LogP contribution in [0.4, 0.5) is 10.1 Å². The first-order valence-corrected chi connectivity index (χ1v) is 9.20. The molecule has 30 heavy (non-hydrogen) atoms. The highest BCUT2D eigenvalue weighted by Crippen LogP contribution is 2.31. The molecule has 0 aliphatic carbocycles. The van der Waals surface area contributed by atoms with Crippen molar-refractivity contribution in [2.45, 2.75) is 13.5 Å². The summed E-state index contributed by atoms with van der Waals surface area (Å²) in [5, 5.41) is 9.21. The third-order valence-corrected chi connectivity index (χ3v) is 4.89. The van der Waals surface area contributed by atoms with E-state index in [0.29, 0.717) is 34.0 Å². The third-order valence-electron chi connectivity index (χ3n) is 4.89. The largest absolute Gasteiger partial charge is 0.481 e. The van der Waals surface area contributed by atoms with Crippen LogP contribution >= 0.6 is 0 Å². The van der Waals surface area contributed by atoms with Crippen LogP contribution in [0.2, 0.25) is 0 Å². The van der Waals surface area contributed by atoms with Gasteiger partial charge in [0.2, 0.25) is 11.8 Å². The van der Waals surface area contributed by atoms with E-state index in [1.165, 1.54) is 31.2 Å². The average molecular weight is 400 g/mol. The first-order chi connectivity index (χ1) is 14.5. The zero-order chi connectivity index (χ0) is 21.3. The molecule has 148 valence electrons. The Hall–Kier alpha value is -4.05. The van der Waals surface area contributed by atoms with Crippen LogP contribution in [0.5, 0.6) is 5.88 Å². The van der Waals surface area contributed by atoms with Gasteiger partial charge in [-0.2, -0.15) is 5.26 Å². The summed E-state index contributed by atoms with van der Waals surface area (Å²) < 4.78 is 20.0. The van der Waals surface area contributed by atoms with Crippen LogP contribution in [0, 0.1) is 17.1 Å². The van der Waals surface area contributed by atoms with Crippen molar-refractivity contribution in [1.82, 2.24) is 9.97 Å². The molecule has 0 unspecified atom stereocenters. The molecule has 0 bridgehead atoms. The number of carbonyl (C=O) groups is 1. The molecule has 3 aromatic rings. The average Bonchev–Trinajstić information content (AvgIpc) is 2.75. The Balaban J connectivity index is 1.84. The van der Waals surface area contributed by atoms with Crippen LogP contribution < -0.4 is 9.64 Å². The van der Waals surface area contributed by atoms with Crippen LogP contribution in [0.3, 0.4) is 0 Å². The number of halogens is 1. The van der Waals surface area contributed by atoms with Gasteiger partial charge in [0.25, 0.3) is 0 Å². The normalized spacial score (nSPS) is 13.3. The smallest absolute Gasteiger partial charge is 0.224 e. The number of anilines is 1. The minimum absolute atomic E-state index is 0.141. The van der Waals surface area contributed by atoms with Crippen LogP contribution in [0.15, 0.2) is 42.6 Å². The van der Waals surface area contributed by atoms with Crippen molar-refractivity contribution in [3.8, 4) is 23.2 Å². The summed E-state index contributed by atoms with van der Waals surface area (Å²) in [5.74, 6) is -0.295. The first-order valence-electron chi connectivity index (χ1n) is 9.20. The number of aromatic nitrogens is 2. The van der Waals surface area contributed by atoms with Crippen molar-refractivity contribution in [2.75, 3.05) is 12.0 Å². The second-order valence-corrected chi connectivity index (χ2v) is 6.78. The van der Waals surface area contributed by atoms with E-state index in [1.807, 2.05) is 6.08 Å². The SMILES string of the molecule is COc1ccc(-c2nc3c(cc2F)CN(C(C)=O)c2cc(C#N)ccc2/C=C\3)cn1. The summed E-state index contributed by atoms with van der Waals surface area (Å²) in [6.07, 6.45) is 5.10. The Morgan fingerprint density at radius 3 is 2.73 bits per heavy atom. The lowest BCUT2D eigenvalue weighted by Gasteiger charge is -2.26. The molecular formula is C23H17FN4O2. The standard InChI is InChI=1S/C23H17FN4O2/c1-14(29)28-13-18-10-19(24)23(17-6-8-22(30-2)26-12-17)27-20(18)7-5-16-4-3-15(11-25)9-21(16)28/h3-10,12H,13H2,1-2H3/b7-5-. The van der Waals surface area contributed by atoms with Gasteiger partial charge in [-0.05, 0) is 35.9 Å². The van der Waals surface area contributed by atoms with Crippen molar-refractivity contribution in [3.63, 3.8) is 0 Å². The van der Waals surface area contributed by atoms with E-state index < -0.39 is 5.82 Å². The molecule has 0 N–H and O–H groups in total. The van der Waals surface area contributed by atoms with E-state index in [0.717, 1.165) is 5.56 Å². The molecule has 0 atom stereocenters. The second-order valence-electron chi connectivity index (χ2n) is 6.78. The van der Waals surface area contributed by atoms with Crippen molar-refractivity contribution < 1.29 is 13.9 Å². The van der Waals surface area contributed by atoms with Gasteiger partial charge in [0, 0.05) is 30.3 Å². The Bertz CT molecular complexity index is 1210. The number of amides is 1. The van der Waals surface area contributed by atoms with Crippen LogP contribution in [0.1, 0.15) is 29.3 Å². The molecule has 0 saturated heterocycles. The van der Waals surface area contributed by atoms with E-state index in [-0.39, 0.29) is 18.1 Å². The molecule has 0 radical (unpaired) electrons. The molecule has 4 rings (SSSR count). The number of hydrogen-bond donors (Lipinski definition) is 0. The zero-order valence-electron chi connectivity index (χ0n) is 16.4. The van der Waals surface area contributed by atoms with Gasteiger partial charge in [-0.15, -0.1) is 0 Å². The minimum atomic E-state index is -0.510. The number of fused-ring (bicyclic) bond motifs is 2. The monoisotopic (exact) mass is 400 g/mol. The molecule has 0 fully saturated rings. The Labute approximate surface area is 172 Å². The van der Waals surface area contributed by atoms with Crippen LogP contribution in [0.25, 0.3) is 23.4 Å². The molecule has 1 aliphatic rings. The number of hydrogen-bond acceptors (Lipinski definition) is 5. The maximum absolute atomic E-state index is 14.9. The topological polar surface area (TPSA) is 79.1 Å². The Morgan fingerprint density at radius 1 is 1.23 bits per heavy atom. The summed E-state index contributed by atoms with van der Waals surface area (Å²) >= 11 is 0. The number of methoxy groups -OCH3 is 1. The minimum Gasteiger partial charge on any atom is -0.481 e. The fraction of sp³-hybridized carbons (Fsp3) is 0.130. The molecule has 3 heterocycles. The van der Waals surface area contributed by atoms with Crippen LogP contribution in [-0.4, -0.2) is 23.0 Å². The van der Waals surface area contributed by atoms with Gasteiger partial charge in [0.1, 0.15) is 11.5 Å². The number of benzene rings is 1. The van der Waals surface area contributed by atoms with Crippen molar-refractivity contribution in [1.29, 1.82) is 5.26 Å². The van der Waals surface area contributed by atoms with Gasteiger partial charge in [0.15, 0.2) is 0 Å². The molecule has 0 spiro atoms. The van der Waals surface area contributed by atoms with Gasteiger partial charge in [-0.1, -0.05) is 12.1 Å². The fourth-order valence-corrected chi connectivity index (χ4v) is 3.35. The van der Waals surface area contributed by atoms with Gasteiger partial charge in [-0.25, -0.2) is 14.4 Å². The van der Waals surface area contributed by atoms with Gasteiger partial charge < -0.3 is 9.64 Å². The molecule has 6 nitrogen and oxygen atoms in total. The summed E-state index contributed by atoms with van der Waals surface area (Å²) in [6, 6.07) is 11.9. The zero-order valence-corrected chi connectivity index (χ0v) is 16.4. The lowest BCUT2D eigenvalue weighted by atomic mass is 10.0. The lowest BCUT2D eigenvalue weighted by molar-refractivity contribution is -0.116. The molecule has 1 amide bonds. The molecule has 1 aromatic carbocycles. The van der Waals surface area contributed by atoms with Crippen molar-refractivity contribution in [2.24, 2.45) is 0 Å². The van der Waals surface area contributed by atoms with Crippen molar-refractivity contribution in [3.05, 3.63) is 70.8 Å². The number of nitrogens with zero attached hydrogens (tertiary/aromatic N) is 4. The number of nitriles is 1. The number of ether oxygens (including phenoxy) is 1. The predicted octanol–water partition coefficient (Wildman–Crippen LogP) is 4.20. The summed E-state index contributed by atoms with van der Waals surface area (Å²) in [6.45, 7) is 1.58. The first kappa shape index (κ1) is 19.3. The highest BCUT2D eigenvalue weighted by atomic mass is 19.1. The van der Waals surface area contributed by atoms with Gasteiger partial charge in [-0.3, -0.25) is 4.79 Å². The molecule has 1 aliphatic heterocycles. The van der Waals surface area contributed by atoms with E-state index in [2.05, 4.69) is 16.0 Å². The number of rotatable bonds is 2. The quantitative estimate of drug-likeness (QED) is 0.644. The van der Waals surface area contributed by atoms with Gasteiger partial charge >= 0.3 is 0 Å². The summed E-state index contributed by atoms with van der Waals surface area (Å²) in [7, 11) is 1.51. The molecule has 2 aromatic heterocycles. The highest BCUT2D eigenvalue weighted by Gasteiger charge is 2.21. The molecule has 0 saturated carbocycles. The molecule has 7 heteroatoms. The second kappa shape index (κ2) is 7.76. The van der Waals surface area contributed by atoms with Crippen molar-refractivity contribution >= 4 is 23.7 Å². The van der Waals surface area contributed by atoms with E-state index in [1.54, 1.807) is 36.4 Å². The maximum Gasteiger partial charge on any atom is 0.224 e. The van der Waals surface area contributed by atoms with E-state index in [9.17, 15) is 14.4 Å². The predicted molar refractivity (Wildman–Crippen MR) is 111 cm³/mol. The number of carbonyl (C=O) groups excluding carboxylic acids is 1. The Kier molecular flexibility index (Phi) is 4.98. The van der Waals surface area contributed by atoms with Gasteiger partial charge in [0.05, 0.1) is 36.7 Å². The number of pyridine rings is 2. The lowest BCUT2D eigenvalue weighted by Crippen LogP contribution is -2.29.